The second-order valence-electron chi connectivity index (χ2n) is 9.82. The van der Waals surface area contributed by atoms with E-state index in [-0.39, 0.29) is 42.4 Å². The monoisotopic (exact) mass is 559 g/mol. The number of ketones is 1. The molecule has 0 aliphatic rings. The maximum Gasteiger partial charge on any atom is 0.242 e. The molecule has 0 bridgehead atoms. The smallest absolute Gasteiger partial charge is 0.242 e. The van der Waals surface area contributed by atoms with Gasteiger partial charge in [-0.2, -0.15) is 0 Å². The largest absolute Gasteiger partial charge is 0.377 e. The molecule has 1 heterocycles. The molecule has 40 heavy (non-hydrogen) atoms. The van der Waals surface area contributed by atoms with Crippen LogP contribution in [0.15, 0.2) is 72.9 Å². The van der Waals surface area contributed by atoms with Gasteiger partial charge in [-0.05, 0) is 57.2 Å². The molecular formula is C32H31ClFN3O3. The number of Topliss-reactive ketones (excluding diaryl/α,β-unsaturated/α-hetero) is 1. The van der Waals surface area contributed by atoms with Gasteiger partial charge in [0.05, 0.1) is 11.6 Å². The van der Waals surface area contributed by atoms with Crippen LogP contribution in [0.3, 0.4) is 0 Å². The van der Waals surface area contributed by atoms with Crippen molar-refractivity contribution in [3.8, 4) is 11.8 Å². The fourth-order valence-electron chi connectivity index (χ4n) is 4.45. The highest BCUT2D eigenvalue weighted by atomic mass is 35.5. The molecule has 0 aliphatic heterocycles. The molecule has 206 valence electrons. The van der Waals surface area contributed by atoms with E-state index in [1.54, 1.807) is 27.8 Å². The Labute approximate surface area is 238 Å². The van der Waals surface area contributed by atoms with Gasteiger partial charge in [0.1, 0.15) is 18.6 Å². The lowest BCUT2D eigenvalue weighted by molar-refractivity contribution is -0.135. The molecule has 4 aromatic rings. The van der Waals surface area contributed by atoms with Crippen LogP contribution in [-0.4, -0.2) is 45.1 Å². The van der Waals surface area contributed by atoms with Crippen LogP contribution < -0.4 is 5.32 Å². The van der Waals surface area contributed by atoms with E-state index in [4.69, 9.17) is 11.6 Å². The minimum absolute atomic E-state index is 0.00330. The van der Waals surface area contributed by atoms with Crippen molar-refractivity contribution in [1.29, 1.82) is 0 Å². The predicted octanol–water partition coefficient (Wildman–Crippen LogP) is 5.38. The van der Waals surface area contributed by atoms with Crippen molar-refractivity contribution < 1.29 is 19.1 Å². The zero-order chi connectivity index (χ0) is 28.8. The predicted molar refractivity (Wildman–Crippen MR) is 155 cm³/mol. The van der Waals surface area contributed by atoms with E-state index in [1.165, 1.54) is 13.0 Å². The Morgan fingerprint density at radius 3 is 2.48 bits per heavy atom. The maximum atomic E-state index is 14.2. The summed E-state index contributed by atoms with van der Waals surface area (Å²) in [6, 6.07) is 19.7. The Kier molecular flexibility index (Phi) is 9.38. The van der Waals surface area contributed by atoms with Crippen LogP contribution in [0.25, 0.3) is 10.9 Å². The molecule has 3 aromatic carbocycles. The van der Waals surface area contributed by atoms with Gasteiger partial charge in [0, 0.05) is 51.9 Å². The number of aliphatic hydroxyl groups is 1. The van der Waals surface area contributed by atoms with Crippen LogP contribution in [0.5, 0.6) is 0 Å². The third-order valence-electron chi connectivity index (χ3n) is 6.56. The van der Waals surface area contributed by atoms with Gasteiger partial charge in [0.2, 0.25) is 5.91 Å². The topological polar surface area (TPSA) is 74.6 Å². The number of fused-ring (bicyclic) bond motifs is 1. The standard InChI is InChI=1S/C32H31ClFN3O3/c1-21(2)37(19-30(39)35-17-25-10-7-11-28(33)32(25)34)31(40)20-36-18-27(22(3)38)26-16-24(14-15-29(26)36)13-12-23-8-5-4-6-9-23/h4-11,14-16,18,21,30,35,39H,17,19-20H2,1-3H3. The first-order valence-electron chi connectivity index (χ1n) is 13.0. The van der Waals surface area contributed by atoms with Crippen molar-refractivity contribution in [2.45, 2.75) is 46.1 Å². The van der Waals surface area contributed by atoms with Crippen LogP contribution in [0.4, 0.5) is 4.39 Å². The summed E-state index contributed by atoms with van der Waals surface area (Å²) in [4.78, 5) is 27.4. The van der Waals surface area contributed by atoms with Gasteiger partial charge in [-0.15, -0.1) is 0 Å². The first-order valence-corrected chi connectivity index (χ1v) is 13.4. The molecule has 0 fully saturated rings. The zero-order valence-electron chi connectivity index (χ0n) is 22.6. The lowest BCUT2D eigenvalue weighted by Gasteiger charge is -2.29. The van der Waals surface area contributed by atoms with E-state index < -0.39 is 12.0 Å². The molecule has 4 rings (SSSR count). The molecule has 1 amide bonds. The zero-order valence-corrected chi connectivity index (χ0v) is 23.4. The van der Waals surface area contributed by atoms with E-state index in [0.29, 0.717) is 11.1 Å². The normalized spacial score (nSPS) is 11.8. The van der Waals surface area contributed by atoms with E-state index in [0.717, 1.165) is 22.0 Å². The van der Waals surface area contributed by atoms with Crippen molar-refractivity contribution in [2.75, 3.05) is 6.54 Å². The molecular weight excluding hydrogens is 529 g/mol. The maximum absolute atomic E-state index is 14.2. The second kappa shape index (κ2) is 12.9. The van der Waals surface area contributed by atoms with Gasteiger partial charge in [-0.3, -0.25) is 14.9 Å². The van der Waals surface area contributed by atoms with Crippen LogP contribution in [0, 0.1) is 17.7 Å². The number of aromatic nitrogens is 1. The Balaban J connectivity index is 1.51. The van der Waals surface area contributed by atoms with E-state index in [9.17, 15) is 19.1 Å². The number of nitrogens with zero attached hydrogens (tertiary/aromatic N) is 2. The lowest BCUT2D eigenvalue weighted by atomic mass is 10.1. The summed E-state index contributed by atoms with van der Waals surface area (Å²) in [7, 11) is 0. The summed E-state index contributed by atoms with van der Waals surface area (Å²) < 4.78 is 15.9. The molecule has 8 heteroatoms. The SMILES string of the molecule is CC(=O)c1cn(CC(=O)N(CC(O)NCc2cccc(Cl)c2F)C(C)C)c2ccc(C#Cc3ccccc3)cc12. The minimum atomic E-state index is -1.09. The van der Waals surface area contributed by atoms with Crippen molar-refractivity contribution in [2.24, 2.45) is 0 Å². The molecule has 0 saturated heterocycles. The Bertz CT molecular complexity index is 1590. The first-order chi connectivity index (χ1) is 19.1. The Morgan fingerprint density at radius 1 is 1.05 bits per heavy atom. The third kappa shape index (κ3) is 6.97. The van der Waals surface area contributed by atoms with Crippen LogP contribution in [0.1, 0.15) is 47.8 Å². The van der Waals surface area contributed by atoms with Crippen LogP contribution >= 0.6 is 11.6 Å². The Hall–Kier alpha value is -3.96. The highest BCUT2D eigenvalue weighted by Crippen LogP contribution is 2.24. The Morgan fingerprint density at radius 2 is 1.77 bits per heavy atom. The molecule has 1 atom stereocenters. The number of amides is 1. The quantitative estimate of drug-likeness (QED) is 0.164. The average molecular weight is 560 g/mol. The molecule has 0 aliphatic carbocycles. The fraction of sp³-hybridized carbons (Fsp3) is 0.250. The number of nitrogens with one attached hydrogen (secondary N) is 1. The number of aliphatic hydroxyl groups excluding tert-OH is 1. The molecule has 1 aromatic heterocycles. The van der Waals surface area contributed by atoms with Crippen LogP contribution in [-0.2, 0) is 17.9 Å². The molecule has 1 unspecified atom stereocenters. The van der Waals surface area contributed by atoms with Crippen LogP contribution in [0.2, 0.25) is 5.02 Å². The van der Waals surface area contributed by atoms with E-state index >= 15 is 0 Å². The van der Waals surface area contributed by atoms with Crippen molar-refractivity contribution in [3.63, 3.8) is 0 Å². The number of rotatable bonds is 9. The van der Waals surface area contributed by atoms with Gasteiger partial charge in [0.15, 0.2) is 5.78 Å². The lowest BCUT2D eigenvalue weighted by Crippen LogP contribution is -2.47. The highest BCUT2D eigenvalue weighted by Gasteiger charge is 2.22. The summed E-state index contributed by atoms with van der Waals surface area (Å²) in [6.45, 7) is 5.23. The second-order valence-corrected chi connectivity index (χ2v) is 10.2. The summed E-state index contributed by atoms with van der Waals surface area (Å²) in [5, 5.41) is 14.2. The number of carbonyl (C=O) groups is 2. The summed E-state index contributed by atoms with van der Waals surface area (Å²) in [6.07, 6.45) is 0.596. The summed E-state index contributed by atoms with van der Waals surface area (Å²) >= 11 is 5.84. The fourth-order valence-corrected chi connectivity index (χ4v) is 4.65. The van der Waals surface area contributed by atoms with Crippen molar-refractivity contribution in [3.05, 3.63) is 106 Å². The number of halogens is 2. The number of hydrogen-bond donors (Lipinski definition) is 2. The summed E-state index contributed by atoms with van der Waals surface area (Å²) in [5.74, 6) is 5.38. The number of hydrogen-bond acceptors (Lipinski definition) is 4. The molecule has 6 nitrogen and oxygen atoms in total. The van der Waals surface area contributed by atoms with Crippen molar-refractivity contribution in [1.82, 2.24) is 14.8 Å². The number of benzene rings is 3. The summed E-state index contributed by atoms with van der Waals surface area (Å²) in [5.41, 5.74) is 3.21. The van der Waals surface area contributed by atoms with E-state index in [2.05, 4.69) is 17.2 Å². The van der Waals surface area contributed by atoms with Crippen molar-refractivity contribution >= 4 is 34.2 Å². The number of carbonyl (C=O) groups excluding carboxylic acids is 2. The van der Waals surface area contributed by atoms with Gasteiger partial charge in [0.25, 0.3) is 0 Å². The van der Waals surface area contributed by atoms with Gasteiger partial charge < -0.3 is 14.6 Å². The molecule has 0 saturated carbocycles. The average Bonchev–Trinajstić information content (AvgIpc) is 3.29. The van der Waals surface area contributed by atoms with Gasteiger partial charge in [-0.25, -0.2) is 4.39 Å². The van der Waals surface area contributed by atoms with E-state index in [1.807, 2.05) is 62.4 Å². The first kappa shape index (κ1) is 29.0. The third-order valence-corrected chi connectivity index (χ3v) is 6.86. The highest BCUT2D eigenvalue weighted by molar-refractivity contribution is 6.30. The van der Waals surface area contributed by atoms with Gasteiger partial charge in [-0.1, -0.05) is 53.8 Å². The minimum Gasteiger partial charge on any atom is -0.377 e. The molecule has 0 spiro atoms. The molecule has 2 N–H and O–H groups in total. The molecule has 0 radical (unpaired) electrons. The van der Waals surface area contributed by atoms with Gasteiger partial charge >= 0.3 is 0 Å².